The number of halogens is 6. The normalized spacial score (nSPS) is 13.2. The molecule has 2 rings (SSSR count). The van der Waals surface area contributed by atoms with Crippen LogP contribution in [0, 0.1) is 21.4 Å². The summed E-state index contributed by atoms with van der Waals surface area (Å²) < 4.78 is 1.10. The summed E-state index contributed by atoms with van der Waals surface area (Å²) in [4.78, 5) is 86.1. The van der Waals surface area contributed by atoms with E-state index in [4.69, 9.17) is 0 Å². The minimum atomic E-state index is -1.30. The quantitative estimate of drug-likeness (QED) is 0.0486. The Labute approximate surface area is 448 Å². The van der Waals surface area contributed by atoms with Gasteiger partial charge in [-0.3, -0.25) is 33.7 Å². The number of hydrogen-bond acceptors (Lipinski definition) is 16. The molecule has 2 aromatic carbocycles. The molecular weight excluding hydrogens is 1530 g/mol. The molecular formula is C36H47I6N7O15. The first-order chi connectivity index (χ1) is 30.0. The van der Waals surface area contributed by atoms with Gasteiger partial charge < -0.3 is 77.0 Å². The van der Waals surface area contributed by atoms with Gasteiger partial charge in [0.15, 0.2) is 0 Å². The number of likely N-dealkylation sites (N-methyl/N-ethyl adjacent to an activating group) is 2. The summed E-state index contributed by atoms with van der Waals surface area (Å²) in [5.41, 5.74) is -0.0503. The molecule has 358 valence electrons. The van der Waals surface area contributed by atoms with Crippen LogP contribution < -0.4 is 31.1 Å². The van der Waals surface area contributed by atoms with E-state index in [1.807, 2.05) is 90.4 Å². The fraction of sp³-hybridized carbons (Fsp3) is 0.500. The van der Waals surface area contributed by atoms with Crippen molar-refractivity contribution in [1.29, 1.82) is 0 Å². The highest BCUT2D eigenvalue weighted by Crippen LogP contribution is 2.39. The standard InChI is InChI=1S/C36H47I6N7O15/c1-47(31-27(39)21(33(61)43-5-15(55)11-51)25(37)22(28(31)40)34(62)44-6-16(56)12-52)19(59)9-49(3-4-50)10-20(60)48(2)32-29(41)23(35(63)45-7-17(57)13-53)26(38)24(30(32)42)36(64)46-8-18(58)14-54/h15-18,50-58H,3-14H2,1-2H3,(H,43,61)(H,44,62)(H,45,63)(H,46,64). The molecule has 0 fully saturated rings. The largest absolute Gasteiger partial charge is 0.395 e. The molecule has 0 heterocycles. The lowest BCUT2D eigenvalue weighted by Gasteiger charge is -2.29. The highest BCUT2D eigenvalue weighted by molar-refractivity contribution is 14.1. The molecule has 13 N–H and O–H groups in total. The van der Waals surface area contributed by atoms with Gasteiger partial charge in [0.05, 0.1) is 118 Å². The van der Waals surface area contributed by atoms with Crippen LogP contribution in [0.15, 0.2) is 0 Å². The Morgan fingerprint density at radius 3 is 0.891 bits per heavy atom. The first-order valence-electron chi connectivity index (χ1n) is 18.6. The molecule has 0 bridgehead atoms. The maximum Gasteiger partial charge on any atom is 0.253 e. The van der Waals surface area contributed by atoms with Crippen LogP contribution in [0.5, 0.6) is 0 Å². The van der Waals surface area contributed by atoms with E-state index in [0.29, 0.717) is 0 Å². The number of carbonyl (C=O) groups excluding carboxylic acids is 6. The van der Waals surface area contributed by atoms with Crippen LogP contribution >= 0.6 is 136 Å². The van der Waals surface area contributed by atoms with Crippen molar-refractivity contribution in [3.63, 3.8) is 0 Å². The zero-order valence-electron chi connectivity index (χ0n) is 33.9. The highest BCUT2D eigenvalue weighted by atomic mass is 127. The third-order valence-corrected chi connectivity index (χ3v) is 15.2. The van der Waals surface area contributed by atoms with Crippen molar-refractivity contribution < 1.29 is 74.7 Å². The van der Waals surface area contributed by atoms with Crippen molar-refractivity contribution in [2.75, 3.05) is 103 Å². The van der Waals surface area contributed by atoms with Crippen molar-refractivity contribution in [2.45, 2.75) is 24.4 Å². The van der Waals surface area contributed by atoms with E-state index in [2.05, 4.69) is 21.3 Å². The molecule has 0 aromatic heterocycles. The second-order valence-corrected chi connectivity index (χ2v) is 20.1. The van der Waals surface area contributed by atoms with E-state index in [9.17, 15) is 74.7 Å². The van der Waals surface area contributed by atoms with Crippen LogP contribution in [0.2, 0.25) is 0 Å². The third kappa shape index (κ3) is 15.9. The zero-order chi connectivity index (χ0) is 48.7. The molecule has 0 aliphatic heterocycles. The summed E-state index contributed by atoms with van der Waals surface area (Å²) in [6.45, 7) is -5.74. The summed E-state index contributed by atoms with van der Waals surface area (Å²) in [6, 6.07) is 0. The van der Waals surface area contributed by atoms with Crippen LogP contribution in [0.1, 0.15) is 41.4 Å². The maximum atomic E-state index is 14.1. The minimum Gasteiger partial charge on any atom is -0.395 e. The summed E-state index contributed by atoms with van der Waals surface area (Å²) in [6.07, 6.45) is -5.21. The predicted octanol–water partition coefficient (Wildman–Crippen LogP) is -2.43. The number of anilines is 2. The third-order valence-electron chi connectivity index (χ3n) is 8.88. The molecule has 0 aliphatic rings. The Bertz CT molecular complexity index is 1790. The molecule has 0 saturated heterocycles. The predicted molar refractivity (Wildman–Crippen MR) is 281 cm³/mol. The molecule has 2 aromatic rings. The minimum absolute atomic E-state index is 0.0599. The summed E-state index contributed by atoms with van der Waals surface area (Å²) in [7, 11) is 2.73. The number of nitrogens with zero attached hydrogens (tertiary/aromatic N) is 3. The number of hydrogen-bond donors (Lipinski definition) is 13. The van der Waals surface area contributed by atoms with Gasteiger partial charge in [0.25, 0.3) is 23.6 Å². The van der Waals surface area contributed by atoms with E-state index < -0.39 is 106 Å². The van der Waals surface area contributed by atoms with E-state index in [1.54, 1.807) is 45.2 Å². The zero-order valence-corrected chi connectivity index (χ0v) is 46.8. The highest BCUT2D eigenvalue weighted by Gasteiger charge is 2.34. The number of aliphatic hydroxyl groups is 9. The Balaban J connectivity index is 2.65. The number of carbonyl (C=O) groups is 6. The topological polar surface area (TPSA) is 342 Å². The van der Waals surface area contributed by atoms with Crippen LogP contribution in [0.25, 0.3) is 0 Å². The summed E-state index contributed by atoms with van der Waals surface area (Å²) >= 11 is 10.9. The van der Waals surface area contributed by atoms with Gasteiger partial charge in [0.2, 0.25) is 11.8 Å². The van der Waals surface area contributed by atoms with Crippen molar-refractivity contribution in [1.82, 2.24) is 26.2 Å². The molecule has 64 heavy (non-hydrogen) atoms. The van der Waals surface area contributed by atoms with Gasteiger partial charge >= 0.3 is 0 Å². The fourth-order valence-electron chi connectivity index (χ4n) is 5.34. The molecule has 4 atom stereocenters. The summed E-state index contributed by atoms with van der Waals surface area (Å²) in [5.74, 6) is -4.37. The van der Waals surface area contributed by atoms with Gasteiger partial charge in [0.1, 0.15) is 0 Å². The van der Waals surface area contributed by atoms with Crippen LogP contribution in [0.4, 0.5) is 11.4 Å². The Morgan fingerprint density at radius 2 is 0.688 bits per heavy atom. The second-order valence-electron chi connectivity index (χ2n) is 13.6. The number of benzene rings is 2. The molecule has 6 amide bonds. The van der Waals surface area contributed by atoms with Crippen LogP contribution in [-0.2, 0) is 9.59 Å². The van der Waals surface area contributed by atoms with E-state index in [0.717, 1.165) is 9.80 Å². The molecule has 0 aliphatic carbocycles. The second kappa shape index (κ2) is 28.7. The Kier molecular flexibility index (Phi) is 26.6. The first-order valence-corrected chi connectivity index (χ1v) is 25.1. The van der Waals surface area contributed by atoms with Gasteiger partial charge in [0, 0.05) is 54.0 Å². The molecule has 22 nitrogen and oxygen atoms in total. The summed E-state index contributed by atoms with van der Waals surface area (Å²) in [5, 5.41) is 96.6. The maximum absolute atomic E-state index is 14.1. The van der Waals surface area contributed by atoms with E-state index in [1.165, 1.54) is 19.0 Å². The molecule has 0 radical (unpaired) electrons. The smallest absolute Gasteiger partial charge is 0.253 e. The van der Waals surface area contributed by atoms with Gasteiger partial charge in [-0.2, -0.15) is 0 Å². The van der Waals surface area contributed by atoms with E-state index >= 15 is 0 Å². The Hall–Kier alpha value is -0.760. The van der Waals surface area contributed by atoms with Crippen molar-refractivity contribution >= 4 is 182 Å². The fourth-order valence-corrected chi connectivity index (χ4v) is 15.1. The average molecular weight is 1580 g/mol. The lowest BCUT2D eigenvalue weighted by Crippen LogP contribution is -2.46. The van der Waals surface area contributed by atoms with Crippen molar-refractivity contribution in [3.05, 3.63) is 43.7 Å². The Morgan fingerprint density at radius 1 is 0.453 bits per heavy atom. The number of amides is 6. The van der Waals surface area contributed by atoms with Crippen molar-refractivity contribution in [2.24, 2.45) is 0 Å². The van der Waals surface area contributed by atoms with Gasteiger partial charge in [-0.1, -0.05) is 0 Å². The van der Waals surface area contributed by atoms with Gasteiger partial charge in [-0.05, 0) is 136 Å². The molecule has 4 unspecified atom stereocenters. The number of aliphatic hydroxyl groups excluding tert-OH is 9. The molecule has 0 saturated carbocycles. The molecule has 28 heteroatoms. The van der Waals surface area contributed by atoms with Gasteiger partial charge in [-0.15, -0.1) is 0 Å². The first kappa shape index (κ1) is 59.4. The van der Waals surface area contributed by atoms with Crippen LogP contribution in [0.3, 0.4) is 0 Å². The molecule has 0 spiro atoms. The van der Waals surface area contributed by atoms with E-state index in [-0.39, 0.29) is 87.8 Å². The van der Waals surface area contributed by atoms with Gasteiger partial charge in [-0.25, -0.2) is 0 Å². The van der Waals surface area contributed by atoms with Crippen LogP contribution in [-0.4, -0.2) is 204 Å². The monoisotopic (exact) mass is 1580 g/mol. The SMILES string of the molecule is CN(C(=O)CN(CCO)CC(=O)N(C)c1c(I)c(C(=O)NCC(O)CO)c(I)c(C(=O)NCC(O)CO)c1I)c1c(I)c(C(=O)NCC(O)CO)c(I)c(C(=O)NCC(O)CO)c1I. The lowest BCUT2D eigenvalue weighted by atomic mass is 10.1. The number of nitrogens with one attached hydrogen (secondary N) is 4. The average Bonchev–Trinajstić information content (AvgIpc) is 3.25. The van der Waals surface area contributed by atoms with Crippen molar-refractivity contribution in [3.8, 4) is 0 Å². The number of rotatable bonds is 24. The lowest BCUT2D eigenvalue weighted by molar-refractivity contribution is -0.122.